The van der Waals surface area contributed by atoms with Crippen LogP contribution in [0.2, 0.25) is 0 Å². The number of carbonyl (C=O) groups is 1. The van der Waals surface area contributed by atoms with E-state index >= 15 is 0 Å². The molecule has 2 aliphatic rings. The number of rotatable bonds is 4. The van der Waals surface area contributed by atoms with Crippen molar-refractivity contribution in [2.45, 2.75) is 44.2 Å². The zero-order chi connectivity index (χ0) is 10.5. The Bertz CT molecular complexity index is 211. The van der Waals surface area contributed by atoms with Gasteiger partial charge in [-0.1, -0.05) is 0 Å². The molecule has 0 bridgehead atoms. The van der Waals surface area contributed by atoms with Crippen LogP contribution in [0.4, 0.5) is 0 Å². The highest BCUT2D eigenvalue weighted by Crippen LogP contribution is 2.12. The lowest BCUT2D eigenvalue weighted by Gasteiger charge is -2.28. The zero-order valence-electron chi connectivity index (χ0n) is 9.13. The minimum atomic E-state index is -0.187. The monoisotopic (exact) mass is 212 g/mol. The first kappa shape index (κ1) is 10.9. The van der Waals surface area contributed by atoms with Crippen LogP contribution in [0.15, 0.2) is 0 Å². The van der Waals surface area contributed by atoms with Crippen LogP contribution < -0.4 is 10.6 Å². The Hall–Kier alpha value is -0.610. The molecular weight excluding hydrogens is 192 g/mol. The van der Waals surface area contributed by atoms with Gasteiger partial charge >= 0.3 is 0 Å². The van der Waals surface area contributed by atoms with Crippen LogP contribution in [-0.4, -0.2) is 37.7 Å². The van der Waals surface area contributed by atoms with E-state index in [1.54, 1.807) is 0 Å². The average Bonchev–Trinajstić information content (AvgIpc) is 2.23. The summed E-state index contributed by atoms with van der Waals surface area (Å²) in [5, 5.41) is 6.26. The summed E-state index contributed by atoms with van der Waals surface area (Å²) < 4.78 is 5.41. The summed E-state index contributed by atoms with van der Waals surface area (Å²) in [5.41, 5.74) is 0. The average molecular weight is 212 g/mol. The molecule has 2 atom stereocenters. The molecule has 4 heteroatoms. The second-order valence-corrected chi connectivity index (χ2v) is 4.37. The highest BCUT2D eigenvalue weighted by Gasteiger charge is 2.22. The van der Waals surface area contributed by atoms with Crippen molar-refractivity contribution in [3.63, 3.8) is 0 Å². The van der Waals surface area contributed by atoms with E-state index in [-0.39, 0.29) is 12.0 Å². The molecule has 0 spiro atoms. The third kappa shape index (κ3) is 3.18. The largest absolute Gasteiger partial charge is 0.368 e. The normalized spacial score (nSPS) is 30.7. The molecule has 0 aromatic rings. The number of carbonyl (C=O) groups excluding carboxylic acids is 1. The van der Waals surface area contributed by atoms with Crippen LogP contribution in [-0.2, 0) is 9.53 Å². The molecule has 86 valence electrons. The van der Waals surface area contributed by atoms with Crippen molar-refractivity contribution in [1.82, 2.24) is 10.6 Å². The molecule has 2 unspecified atom stereocenters. The number of nitrogens with one attached hydrogen (secondary N) is 2. The molecule has 0 aliphatic carbocycles. The molecule has 2 saturated heterocycles. The Morgan fingerprint density at radius 1 is 1.40 bits per heavy atom. The number of hydrogen-bond donors (Lipinski definition) is 2. The topological polar surface area (TPSA) is 50.4 Å². The SMILES string of the molecule is O=C(NCCC1CCN1)C1CCCCO1. The van der Waals surface area contributed by atoms with Gasteiger partial charge in [-0.3, -0.25) is 4.79 Å². The first-order chi connectivity index (χ1) is 7.36. The van der Waals surface area contributed by atoms with Gasteiger partial charge in [-0.05, 0) is 38.6 Å². The fourth-order valence-corrected chi connectivity index (χ4v) is 2.03. The maximum Gasteiger partial charge on any atom is 0.249 e. The highest BCUT2D eigenvalue weighted by atomic mass is 16.5. The Kier molecular flexibility index (Phi) is 3.97. The number of ether oxygens (including phenoxy) is 1. The molecule has 2 rings (SSSR count). The molecule has 15 heavy (non-hydrogen) atoms. The molecule has 2 aliphatic heterocycles. The van der Waals surface area contributed by atoms with Gasteiger partial charge in [0.2, 0.25) is 5.91 Å². The Labute approximate surface area is 90.8 Å². The van der Waals surface area contributed by atoms with E-state index in [2.05, 4.69) is 10.6 Å². The van der Waals surface area contributed by atoms with E-state index in [0.29, 0.717) is 6.04 Å². The molecule has 4 nitrogen and oxygen atoms in total. The van der Waals surface area contributed by atoms with Gasteiger partial charge in [-0.2, -0.15) is 0 Å². The number of amides is 1. The Morgan fingerprint density at radius 2 is 2.27 bits per heavy atom. The zero-order valence-corrected chi connectivity index (χ0v) is 9.13. The van der Waals surface area contributed by atoms with Gasteiger partial charge in [0.05, 0.1) is 0 Å². The predicted molar refractivity (Wildman–Crippen MR) is 57.6 cm³/mol. The summed E-state index contributed by atoms with van der Waals surface area (Å²) in [6.07, 6.45) is 5.19. The van der Waals surface area contributed by atoms with E-state index in [4.69, 9.17) is 4.74 Å². The van der Waals surface area contributed by atoms with E-state index in [1.807, 2.05) is 0 Å². The maximum absolute atomic E-state index is 11.6. The molecule has 2 fully saturated rings. The minimum absolute atomic E-state index is 0.0778. The van der Waals surface area contributed by atoms with Gasteiger partial charge in [0.1, 0.15) is 6.10 Å². The van der Waals surface area contributed by atoms with Gasteiger partial charge in [0.15, 0.2) is 0 Å². The van der Waals surface area contributed by atoms with Crippen molar-refractivity contribution in [2.75, 3.05) is 19.7 Å². The van der Waals surface area contributed by atoms with Gasteiger partial charge in [-0.25, -0.2) is 0 Å². The molecule has 0 aromatic carbocycles. The van der Waals surface area contributed by atoms with E-state index in [0.717, 1.165) is 45.4 Å². The van der Waals surface area contributed by atoms with E-state index in [1.165, 1.54) is 6.42 Å². The molecule has 2 heterocycles. The molecular formula is C11H20N2O2. The van der Waals surface area contributed by atoms with Gasteiger partial charge < -0.3 is 15.4 Å². The van der Waals surface area contributed by atoms with Gasteiger partial charge in [0.25, 0.3) is 0 Å². The predicted octanol–water partition coefficient (Wildman–Crippen LogP) is 0.424. The van der Waals surface area contributed by atoms with Crippen LogP contribution in [0.25, 0.3) is 0 Å². The smallest absolute Gasteiger partial charge is 0.249 e. The van der Waals surface area contributed by atoms with Crippen molar-refractivity contribution in [1.29, 1.82) is 0 Å². The number of hydrogen-bond acceptors (Lipinski definition) is 3. The second-order valence-electron chi connectivity index (χ2n) is 4.37. The molecule has 0 saturated carbocycles. The van der Waals surface area contributed by atoms with E-state index < -0.39 is 0 Å². The second kappa shape index (κ2) is 5.47. The van der Waals surface area contributed by atoms with Crippen LogP contribution in [0.5, 0.6) is 0 Å². The minimum Gasteiger partial charge on any atom is -0.368 e. The summed E-state index contributed by atoms with van der Waals surface area (Å²) >= 11 is 0. The fourth-order valence-electron chi connectivity index (χ4n) is 2.03. The summed E-state index contributed by atoms with van der Waals surface area (Å²) in [4.78, 5) is 11.6. The standard InChI is InChI=1S/C11H20N2O2/c14-11(10-3-1-2-8-15-10)13-7-5-9-4-6-12-9/h9-10,12H,1-8H2,(H,13,14). The quantitative estimate of drug-likeness (QED) is 0.710. The van der Waals surface area contributed by atoms with Gasteiger partial charge in [0, 0.05) is 19.2 Å². The summed E-state index contributed by atoms with van der Waals surface area (Å²) in [6, 6.07) is 0.623. The van der Waals surface area contributed by atoms with Crippen LogP contribution in [0.1, 0.15) is 32.1 Å². The summed E-state index contributed by atoms with van der Waals surface area (Å²) in [6.45, 7) is 2.64. The van der Waals surface area contributed by atoms with Crippen LogP contribution in [0, 0.1) is 0 Å². The van der Waals surface area contributed by atoms with Crippen molar-refractivity contribution >= 4 is 5.91 Å². The Morgan fingerprint density at radius 3 is 2.87 bits per heavy atom. The van der Waals surface area contributed by atoms with Crippen molar-refractivity contribution in [3.8, 4) is 0 Å². The van der Waals surface area contributed by atoms with E-state index in [9.17, 15) is 4.79 Å². The lowest BCUT2D eigenvalue weighted by molar-refractivity contribution is -0.135. The maximum atomic E-state index is 11.6. The van der Waals surface area contributed by atoms with Crippen LogP contribution >= 0.6 is 0 Å². The molecule has 1 amide bonds. The molecule has 0 radical (unpaired) electrons. The van der Waals surface area contributed by atoms with Crippen molar-refractivity contribution in [2.24, 2.45) is 0 Å². The fraction of sp³-hybridized carbons (Fsp3) is 0.909. The third-order valence-electron chi connectivity index (χ3n) is 3.19. The third-order valence-corrected chi connectivity index (χ3v) is 3.19. The van der Waals surface area contributed by atoms with Crippen molar-refractivity contribution < 1.29 is 9.53 Å². The summed E-state index contributed by atoms with van der Waals surface area (Å²) in [7, 11) is 0. The Balaban J connectivity index is 1.58. The first-order valence-electron chi connectivity index (χ1n) is 5.99. The lowest BCUT2D eigenvalue weighted by Crippen LogP contribution is -2.46. The van der Waals surface area contributed by atoms with Crippen LogP contribution in [0.3, 0.4) is 0 Å². The molecule has 2 N–H and O–H groups in total. The highest BCUT2D eigenvalue weighted by molar-refractivity contribution is 5.80. The summed E-state index contributed by atoms with van der Waals surface area (Å²) in [5.74, 6) is 0.0778. The lowest BCUT2D eigenvalue weighted by atomic mass is 10.0. The van der Waals surface area contributed by atoms with Gasteiger partial charge in [-0.15, -0.1) is 0 Å². The first-order valence-corrected chi connectivity index (χ1v) is 5.99. The molecule has 0 aromatic heterocycles. The van der Waals surface area contributed by atoms with Crippen molar-refractivity contribution in [3.05, 3.63) is 0 Å².